The smallest absolute Gasteiger partial charge is 0.185 e. The molecule has 106 valence electrons. The van der Waals surface area contributed by atoms with Crippen molar-refractivity contribution >= 4 is 9.84 Å². The van der Waals surface area contributed by atoms with Crippen LogP contribution in [-0.4, -0.2) is 23.2 Å². The Morgan fingerprint density at radius 1 is 1.30 bits per heavy atom. The Kier molecular flexibility index (Phi) is 3.12. The van der Waals surface area contributed by atoms with E-state index in [1.165, 1.54) is 0 Å². The van der Waals surface area contributed by atoms with E-state index >= 15 is 0 Å². The Bertz CT molecular complexity index is 746. The fourth-order valence-corrected chi connectivity index (χ4v) is 3.67. The van der Waals surface area contributed by atoms with Crippen LogP contribution >= 0.6 is 0 Å². The summed E-state index contributed by atoms with van der Waals surface area (Å²) < 4.78 is 26.7. The molecule has 1 saturated carbocycles. The normalized spacial score (nSPS) is 15.5. The minimum Gasteiger partial charge on any atom is -0.317 e. The molecule has 0 unspecified atom stereocenters. The highest BCUT2D eigenvalue weighted by Gasteiger charge is 2.30. The Hall–Kier alpha value is -1.69. The second-order valence-electron chi connectivity index (χ2n) is 5.38. The van der Waals surface area contributed by atoms with Crippen LogP contribution in [0.3, 0.4) is 0 Å². The van der Waals surface area contributed by atoms with Crippen molar-refractivity contribution in [3.05, 3.63) is 41.5 Å². The van der Waals surface area contributed by atoms with Crippen LogP contribution in [0.5, 0.6) is 0 Å². The van der Waals surface area contributed by atoms with Gasteiger partial charge in [0.15, 0.2) is 9.84 Å². The first-order chi connectivity index (χ1) is 9.47. The van der Waals surface area contributed by atoms with Gasteiger partial charge in [0.2, 0.25) is 0 Å². The van der Waals surface area contributed by atoms with Crippen molar-refractivity contribution in [1.82, 2.24) is 14.8 Å². The van der Waals surface area contributed by atoms with E-state index in [0.29, 0.717) is 16.6 Å². The molecule has 0 spiro atoms. The lowest BCUT2D eigenvalue weighted by molar-refractivity contribution is 0.592. The molecule has 1 aromatic heterocycles. The third-order valence-electron chi connectivity index (χ3n) is 3.61. The maximum Gasteiger partial charge on any atom is 0.185 e. The van der Waals surface area contributed by atoms with Crippen molar-refractivity contribution in [2.24, 2.45) is 7.05 Å². The van der Waals surface area contributed by atoms with Gasteiger partial charge in [-0.1, -0.05) is 12.1 Å². The number of nitrogens with zero attached hydrogens (tertiary/aromatic N) is 3. The van der Waals surface area contributed by atoms with E-state index in [2.05, 4.69) is 10.2 Å². The summed E-state index contributed by atoms with van der Waals surface area (Å²) in [4.78, 5) is 0.341. The highest BCUT2D eigenvalue weighted by atomic mass is 32.2. The molecule has 1 aliphatic carbocycles. The number of hydrogen-bond donors (Lipinski definition) is 0. The number of hydrogen-bond acceptors (Lipinski definition) is 4. The minimum atomic E-state index is -3.37. The van der Waals surface area contributed by atoms with Crippen LogP contribution in [-0.2, 0) is 22.6 Å². The molecule has 1 aromatic carbocycles. The zero-order chi connectivity index (χ0) is 14.3. The third-order valence-corrected chi connectivity index (χ3v) is 5.22. The molecule has 20 heavy (non-hydrogen) atoms. The van der Waals surface area contributed by atoms with E-state index < -0.39 is 9.84 Å². The largest absolute Gasteiger partial charge is 0.317 e. The fraction of sp³-hybridized carbons (Fsp3) is 0.429. The summed E-state index contributed by atoms with van der Waals surface area (Å²) >= 11 is 0. The highest BCUT2D eigenvalue weighted by molar-refractivity contribution is 7.90. The highest BCUT2D eigenvalue weighted by Crippen LogP contribution is 2.38. The molecule has 0 N–H and O–H groups in total. The molecule has 0 radical (unpaired) electrons. The predicted molar refractivity (Wildman–Crippen MR) is 75.0 cm³/mol. The number of aryl methyl sites for hydroxylation is 1. The van der Waals surface area contributed by atoms with Gasteiger partial charge < -0.3 is 4.57 Å². The lowest BCUT2D eigenvalue weighted by Crippen LogP contribution is -2.10. The van der Waals surface area contributed by atoms with Gasteiger partial charge in [-0.2, -0.15) is 0 Å². The Morgan fingerprint density at radius 2 is 2.05 bits per heavy atom. The van der Waals surface area contributed by atoms with Crippen molar-refractivity contribution in [2.75, 3.05) is 0 Å². The molecule has 1 heterocycles. The van der Waals surface area contributed by atoms with Crippen LogP contribution in [0, 0.1) is 6.92 Å². The summed E-state index contributed by atoms with van der Waals surface area (Å²) in [7, 11) is -1.53. The summed E-state index contributed by atoms with van der Waals surface area (Å²) in [5.41, 5.74) is 0.933. The van der Waals surface area contributed by atoms with Crippen LogP contribution in [0.2, 0.25) is 0 Å². The van der Waals surface area contributed by atoms with E-state index in [1.807, 2.05) is 24.6 Å². The van der Waals surface area contributed by atoms with Gasteiger partial charge in [-0.3, -0.25) is 0 Å². The summed E-state index contributed by atoms with van der Waals surface area (Å²) in [5.74, 6) is 1.77. The van der Waals surface area contributed by atoms with E-state index in [0.717, 1.165) is 24.2 Å². The third kappa shape index (κ3) is 2.47. The van der Waals surface area contributed by atoms with Gasteiger partial charge in [0, 0.05) is 13.0 Å². The minimum absolute atomic E-state index is 0.104. The van der Waals surface area contributed by atoms with E-state index in [1.54, 1.807) is 18.2 Å². The molecule has 0 atom stereocenters. The summed E-state index contributed by atoms with van der Waals surface area (Å²) in [5, 5.41) is 8.17. The Balaban J connectivity index is 1.90. The summed E-state index contributed by atoms with van der Waals surface area (Å²) in [6, 6.07) is 6.95. The van der Waals surface area contributed by atoms with Crippen LogP contribution in [0.4, 0.5) is 0 Å². The monoisotopic (exact) mass is 291 g/mol. The fourth-order valence-electron chi connectivity index (χ4n) is 2.26. The molecular formula is C14H17N3O2S. The molecule has 0 saturated heterocycles. The van der Waals surface area contributed by atoms with Gasteiger partial charge in [0.05, 0.1) is 4.90 Å². The van der Waals surface area contributed by atoms with Gasteiger partial charge in [-0.05, 0) is 37.5 Å². The molecule has 1 aliphatic rings. The number of sulfone groups is 1. The van der Waals surface area contributed by atoms with Crippen LogP contribution in [0.15, 0.2) is 29.2 Å². The first kappa shape index (κ1) is 13.3. The second-order valence-corrected chi connectivity index (χ2v) is 7.37. The molecule has 0 amide bonds. The SMILES string of the molecule is Cc1cccc(S(=O)(=O)Cc2nnc(C3CC3)n2C)c1. The van der Waals surface area contributed by atoms with Gasteiger partial charge >= 0.3 is 0 Å². The molecule has 0 bridgehead atoms. The summed E-state index contributed by atoms with van der Waals surface area (Å²) in [6.45, 7) is 1.88. The second kappa shape index (κ2) is 4.70. The maximum absolute atomic E-state index is 12.4. The molecule has 6 heteroatoms. The first-order valence-corrected chi connectivity index (χ1v) is 8.30. The topological polar surface area (TPSA) is 64.8 Å². The van der Waals surface area contributed by atoms with Crippen molar-refractivity contribution in [2.45, 2.75) is 36.3 Å². The van der Waals surface area contributed by atoms with Gasteiger partial charge in [0.1, 0.15) is 17.4 Å². The predicted octanol–water partition coefficient (Wildman–Crippen LogP) is 1.97. The van der Waals surface area contributed by atoms with E-state index in [9.17, 15) is 8.42 Å². The lowest BCUT2D eigenvalue weighted by Gasteiger charge is -2.06. The van der Waals surface area contributed by atoms with Gasteiger partial charge in [-0.15, -0.1) is 10.2 Å². The number of benzene rings is 1. The van der Waals surface area contributed by atoms with Crippen molar-refractivity contribution in [1.29, 1.82) is 0 Å². The van der Waals surface area contributed by atoms with Crippen LogP contribution in [0.25, 0.3) is 0 Å². The maximum atomic E-state index is 12.4. The Labute approximate surface area is 118 Å². The molecule has 3 rings (SSSR count). The molecule has 5 nitrogen and oxygen atoms in total. The average molecular weight is 291 g/mol. The van der Waals surface area contributed by atoms with Crippen molar-refractivity contribution in [3.63, 3.8) is 0 Å². The Morgan fingerprint density at radius 3 is 2.70 bits per heavy atom. The van der Waals surface area contributed by atoms with Crippen molar-refractivity contribution < 1.29 is 8.42 Å². The number of aromatic nitrogens is 3. The van der Waals surface area contributed by atoms with E-state index in [4.69, 9.17) is 0 Å². The van der Waals surface area contributed by atoms with E-state index in [-0.39, 0.29) is 5.75 Å². The molecular weight excluding hydrogens is 274 g/mol. The quantitative estimate of drug-likeness (QED) is 0.864. The molecule has 2 aromatic rings. The standard InChI is InChI=1S/C14H17N3O2S/c1-10-4-3-5-12(8-10)20(18,19)9-13-15-16-14(17(13)2)11-6-7-11/h3-5,8,11H,6-7,9H2,1-2H3. The zero-order valence-corrected chi connectivity index (χ0v) is 12.4. The van der Waals surface area contributed by atoms with Crippen LogP contribution < -0.4 is 0 Å². The van der Waals surface area contributed by atoms with Crippen LogP contribution in [0.1, 0.15) is 36.0 Å². The van der Waals surface area contributed by atoms with Crippen molar-refractivity contribution in [3.8, 4) is 0 Å². The molecule has 0 aliphatic heterocycles. The summed E-state index contributed by atoms with van der Waals surface area (Å²) in [6.07, 6.45) is 2.24. The number of rotatable bonds is 4. The van der Waals surface area contributed by atoms with Gasteiger partial charge in [-0.25, -0.2) is 8.42 Å². The average Bonchev–Trinajstić information content (AvgIpc) is 3.17. The zero-order valence-electron chi connectivity index (χ0n) is 11.6. The first-order valence-electron chi connectivity index (χ1n) is 6.65. The lowest BCUT2D eigenvalue weighted by atomic mass is 10.2. The van der Waals surface area contributed by atoms with Gasteiger partial charge in [0.25, 0.3) is 0 Å². The molecule has 1 fully saturated rings.